The van der Waals surface area contributed by atoms with Crippen molar-refractivity contribution in [3.63, 3.8) is 0 Å². The zero-order valence-electron chi connectivity index (χ0n) is 18.7. The Bertz CT molecular complexity index is 1250. The maximum absolute atomic E-state index is 12.7. The lowest BCUT2D eigenvalue weighted by Gasteiger charge is -2.15. The zero-order chi connectivity index (χ0) is 23.5. The molecule has 2 aromatic heterocycles. The molecular formula is C25H25ClN4O3S. The molecule has 0 radical (unpaired) electrons. The minimum atomic E-state index is -0.241. The van der Waals surface area contributed by atoms with Crippen LogP contribution >= 0.6 is 23.4 Å². The smallest absolute Gasteiger partial charge is 0.231 e. The van der Waals surface area contributed by atoms with E-state index in [9.17, 15) is 4.79 Å². The minimum absolute atomic E-state index is 0.0994. The monoisotopic (exact) mass is 496 g/mol. The number of hydrogen-bond acceptors (Lipinski definition) is 6. The molecule has 1 saturated heterocycles. The maximum Gasteiger partial charge on any atom is 0.231 e. The molecule has 7 nitrogen and oxygen atoms in total. The molecule has 0 aliphatic carbocycles. The van der Waals surface area contributed by atoms with Crippen molar-refractivity contribution < 1.29 is 13.9 Å². The van der Waals surface area contributed by atoms with Gasteiger partial charge in [-0.3, -0.25) is 9.36 Å². The SMILES string of the molecule is C[C@H](NC(=O)CSc1nnc(-c2ccc(Cl)cc2)n1C[C@@H]1CCCO1)c1cc2ccccc2o1. The number of amides is 1. The number of carbonyl (C=O) groups is 1. The summed E-state index contributed by atoms with van der Waals surface area (Å²) in [6, 6.07) is 17.0. The highest BCUT2D eigenvalue weighted by Crippen LogP contribution is 2.28. The molecule has 1 aliphatic heterocycles. The van der Waals surface area contributed by atoms with Gasteiger partial charge >= 0.3 is 0 Å². The normalized spacial score (nSPS) is 16.7. The maximum atomic E-state index is 12.7. The summed E-state index contributed by atoms with van der Waals surface area (Å²) in [5.41, 5.74) is 1.73. The first-order chi connectivity index (χ1) is 16.6. The van der Waals surface area contributed by atoms with E-state index >= 15 is 0 Å². The number of benzene rings is 2. The van der Waals surface area contributed by atoms with E-state index in [1.807, 2.05) is 66.1 Å². The highest BCUT2D eigenvalue weighted by Gasteiger charge is 2.23. The fourth-order valence-electron chi connectivity index (χ4n) is 4.06. The predicted octanol–water partition coefficient (Wildman–Crippen LogP) is 5.49. The quantitative estimate of drug-likeness (QED) is 0.325. The van der Waals surface area contributed by atoms with Gasteiger partial charge in [-0.2, -0.15) is 0 Å². The summed E-state index contributed by atoms with van der Waals surface area (Å²) in [5.74, 6) is 1.59. The number of rotatable bonds is 8. The largest absolute Gasteiger partial charge is 0.459 e. The number of hydrogen-bond donors (Lipinski definition) is 1. The van der Waals surface area contributed by atoms with Gasteiger partial charge in [-0.25, -0.2) is 0 Å². The number of ether oxygens (including phenoxy) is 1. The molecule has 0 bridgehead atoms. The minimum Gasteiger partial charge on any atom is -0.459 e. The van der Waals surface area contributed by atoms with Crippen molar-refractivity contribution in [3.05, 3.63) is 65.4 Å². The summed E-state index contributed by atoms with van der Waals surface area (Å²) in [7, 11) is 0. The number of nitrogens with one attached hydrogen (secondary N) is 1. The number of thioether (sulfide) groups is 1. The van der Waals surface area contributed by atoms with Crippen LogP contribution in [0.2, 0.25) is 5.02 Å². The highest BCUT2D eigenvalue weighted by atomic mass is 35.5. The third-order valence-electron chi connectivity index (χ3n) is 5.81. The Hall–Kier alpha value is -2.81. The molecule has 2 aromatic carbocycles. The fourth-order valence-corrected chi connectivity index (χ4v) is 4.95. The van der Waals surface area contributed by atoms with Crippen LogP contribution in [0.25, 0.3) is 22.4 Å². The van der Waals surface area contributed by atoms with E-state index in [2.05, 4.69) is 15.5 Å². The number of carbonyl (C=O) groups excluding carboxylic acids is 1. The summed E-state index contributed by atoms with van der Waals surface area (Å²) < 4.78 is 13.8. The van der Waals surface area contributed by atoms with E-state index in [1.165, 1.54) is 11.8 Å². The van der Waals surface area contributed by atoms with Crippen LogP contribution in [0.15, 0.2) is 64.2 Å². The highest BCUT2D eigenvalue weighted by molar-refractivity contribution is 7.99. The molecule has 0 unspecified atom stereocenters. The Labute approximate surface area is 206 Å². The second-order valence-corrected chi connectivity index (χ2v) is 9.70. The van der Waals surface area contributed by atoms with Crippen LogP contribution in [0.5, 0.6) is 0 Å². The Morgan fingerprint density at radius 3 is 2.82 bits per heavy atom. The van der Waals surface area contributed by atoms with Gasteiger partial charge in [-0.05, 0) is 56.2 Å². The van der Waals surface area contributed by atoms with Crippen LogP contribution < -0.4 is 5.32 Å². The molecule has 1 fully saturated rings. The van der Waals surface area contributed by atoms with Crippen LogP contribution in [0.4, 0.5) is 0 Å². The lowest BCUT2D eigenvalue weighted by atomic mass is 10.2. The number of furan rings is 1. The molecule has 0 saturated carbocycles. The second kappa shape index (κ2) is 10.2. The van der Waals surface area contributed by atoms with Crippen LogP contribution in [-0.2, 0) is 16.1 Å². The molecular weight excluding hydrogens is 472 g/mol. The molecule has 176 valence electrons. The van der Waals surface area contributed by atoms with Crippen molar-refractivity contribution in [1.29, 1.82) is 0 Å². The van der Waals surface area contributed by atoms with E-state index in [4.69, 9.17) is 20.8 Å². The molecule has 1 N–H and O–H groups in total. The molecule has 1 aliphatic rings. The van der Waals surface area contributed by atoms with Gasteiger partial charge in [0.2, 0.25) is 5.91 Å². The van der Waals surface area contributed by atoms with Crippen LogP contribution in [-0.4, -0.2) is 39.1 Å². The molecule has 5 rings (SSSR count). The van der Waals surface area contributed by atoms with Crippen molar-refractivity contribution in [1.82, 2.24) is 20.1 Å². The number of nitrogens with zero attached hydrogens (tertiary/aromatic N) is 3. The van der Waals surface area contributed by atoms with Crippen molar-refractivity contribution >= 4 is 40.2 Å². The first kappa shape index (κ1) is 23.0. The summed E-state index contributed by atoms with van der Waals surface area (Å²) in [6.07, 6.45) is 2.16. The molecule has 34 heavy (non-hydrogen) atoms. The molecule has 9 heteroatoms. The van der Waals surface area contributed by atoms with Gasteiger partial charge in [0.05, 0.1) is 24.4 Å². The first-order valence-corrected chi connectivity index (χ1v) is 12.6. The second-order valence-electron chi connectivity index (χ2n) is 8.32. The Balaban J connectivity index is 1.28. The Morgan fingerprint density at radius 2 is 2.06 bits per heavy atom. The van der Waals surface area contributed by atoms with Gasteiger partial charge in [0.1, 0.15) is 11.3 Å². The van der Waals surface area contributed by atoms with Gasteiger partial charge in [-0.15, -0.1) is 10.2 Å². The number of fused-ring (bicyclic) bond motifs is 1. The molecule has 4 aromatic rings. The average molecular weight is 497 g/mol. The number of aromatic nitrogens is 3. The van der Waals surface area contributed by atoms with Gasteiger partial charge in [0.15, 0.2) is 11.0 Å². The van der Waals surface area contributed by atoms with E-state index in [-0.39, 0.29) is 23.8 Å². The van der Waals surface area contributed by atoms with Crippen LogP contribution in [0.1, 0.15) is 31.6 Å². The third-order valence-corrected chi connectivity index (χ3v) is 7.03. The number of halogens is 1. The summed E-state index contributed by atoms with van der Waals surface area (Å²) >= 11 is 7.42. The zero-order valence-corrected chi connectivity index (χ0v) is 20.3. The van der Waals surface area contributed by atoms with Gasteiger partial charge in [-0.1, -0.05) is 41.6 Å². The molecule has 2 atom stereocenters. The Kier molecular flexibility index (Phi) is 6.89. The molecule has 1 amide bonds. The van der Waals surface area contributed by atoms with Crippen molar-refractivity contribution in [2.24, 2.45) is 0 Å². The number of para-hydroxylation sites is 1. The van der Waals surface area contributed by atoms with Gasteiger partial charge in [0, 0.05) is 22.6 Å². The Morgan fingerprint density at radius 1 is 1.24 bits per heavy atom. The van der Waals surface area contributed by atoms with Crippen molar-refractivity contribution in [2.45, 2.75) is 43.6 Å². The van der Waals surface area contributed by atoms with Gasteiger partial charge < -0.3 is 14.5 Å². The van der Waals surface area contributed by atoms with Crippen LogP contribution in [0.3, 0.4) is 0 Å². The fraction of sp³-hybridized carbons (Fsp3) is 0.320. The summed E-state index contributed by atoms with van der Waals surface area (Å²) in [6.45, 7) is 3.33. The average Bonchev–Trinajstić information content (AvgIpc) is 3.59. The summed E-state index contributed by atoms with van der Waals surface area (Å²) in [4.78, 5) is 12.7. The van der Waals surface area contributed by atoms with E-state index in [0.717, 1.165) is 47.6 Å². The third kappa shape index (κ3) is 5.14. The van der Waals surface area contributed by atoms with E-state index in [1.54, 1.807) is 0 Å². The summed E-state index contributed by atoms with van der Waals surface area (Å²) in [5, 5.41) is 14.2. The predicted molar refractivity (Wildman–Crippen MR) is 133 cm³/mol. The first-order valence-electron chi connectivity index (χ1n) is 11.3. The molecule has 3 heterocycles. The molecule has 0 spiro atoms. The van der Waals surface area contributed by atoms with Crippen LogP contribution in [0, 0.1) is 0 Å². The lowest BCUT2D eigenvalue weighted by molar-refractivity contribution is -0.119. The van der Waals surface area contributed by atoms with E-state index in [0.29, 0.717) is 16.7 Å². The standard InChI is InChI=1S/C25H25ClN4O3S/c1-16(22-13-18-5-2-3-7-21(18)33-22)27-23(31)15-34-25-29-28-24(17-8-10-19(26)11-9-17)30(25)14-20-6-4-12-32-20/h2-3,5,7-11,13,16,20H,4,6,12,14-15H2,1H3,(H,27,31)/t16-,20-/m0/s1. The lowest BCUT2D eigenvalue weighted by Crippen LogP contribution is -2.28. The van der Waals surface area contributed by atoms with E-state index < -0.39 is 0 Å². The topological polar surface area (TPSA) is 82.2 Å². The van der Waals surface area contributed by atoms with Crippen molar-refractivity contribution in [3.8, 4) is 11.4 Å². The van der Waals surface area contributed by atoms with Crippen molar-refractivity contribution in [2.75, 3.05) is 12.4 Å². The van der Waals surface area contributed by atoms with Gasteiger partial charge in [0.25, 0.3) is 0 Å².